The number of H-pyrrole nitrogens is 1. The molecule has 0 spiro atoms. The van der Waals surface area contributed by atoms with Gasteiger partial charge in [0.1, 0.15) is 10.3 Å². The molecule has 72 valence electrons. The fraction of sp³-hybridized carbons (Fsp3) is 0.556. The second-order valence-electron chi connectivity index (χ2n) is 4.24. The molecule has 0 bridgehead atoms. The molecule has 1 aromatic rings. The van der Waals surface area contributed by atoms with Crippen LogP contribution < -0.4 is 5.56 Å². The molecular weight excluding hydrogens is 232 g/mol. The zero-order chi connectivity index (χ0) is 10.1. The lowest BCUT2D eigenvalue weighted by Crippen LogP contribution is -2.17. The molecule has 0 saturated carbocycles. The van der Waals surface area contributed by atoms with Crippen LogP contribution in [0, 0.1) is 5.41 Å². The van der Waals surface area contributed by atoms with Crippen LogP contribution in [0.3, 0.4) is 0 Å². The predicted molar refractivity (Wildman–Crippen MR) is 55.7 cm³/mol. The maximum atomic E-state index is 11.2. The Hall–Kier alpha value is -0.640. The molecule has 0 unspecified atom stereocenters. The topological polar surface area (TPSA) is 45.8 Å². The summed E-state index contributed by atoms with van der Waals surface area (Å²) in [7, 11) is 0. The number of nitrogens with zero attached hydrogens (tertiary/aromatic N) is 1. The second-order valence-corrected chi connectivity index (χ2v) is 5.10. The Kier molecular flexibility index (Phi) is 2.91. The highest BCUT2D eigenvalue weighted by Gasteiger charge is 2.12. The number of aromatic amines is 1. The van der Waals surface area contributed by atoms with Crippen LogP contribution in [0.4, 0.5) is 0 Å². The molecule has 13 heavy (non-hydrogen) atoms. The minimum atomic E-state index is -0.116. The molecule has 1 N–H and O–H groups in total. The van der Waals surface area contributed by atoms with Crippen molar-refractivity contribution in [3.05, 3.63) is 26.8 Å². The fourth-order valence-corrected chi connectivity index (χ4v) is 1.21. The third-order valence-electron chi connectivity index (χ3n) is 1.51. The van der Waals surface area contributed by atoms with E-state index >= 15 is 0 Å². The summed E-state index contributed by atoms with van der Waals surface area (Å²) in [5.74, 6) is 0.737. The van der Waals surface area contributed by atoms with E-state index in [1.165, 1.54) is 0 Å². The zero-order valence-corrected chi connectivity index (χ0v) is 9.60. The van der Waals surface area contributed by atoms with Crippen LogP contribution in [0.25, 0.3) is 0 Å². The van der Waals surface area contributed by atoms with Crippen molar-refractivity contribution in [1.82, 2.24) is 9.97 Å². The molecule has 0 aliphatic heterocycles. The van der Waals surface area contributed by atoms with E-state index in [-0.39, 0.29) is 11.0 Å². The van der Waals surface area contributed by atoms with E-state index in [9.17, 15) is 4.79 Å². The summed E-state index contributed by atoms with van der Waals surface area (Å²) in [5, 5.41) is 0. The summed E-state index contributed by atoms with van der Waals surface area (Å²) in [6.45, 7) is 6.32. The van der Waals surface area contributed by atoms with Crippen LogP contribution in [0.15, 0.2) is 15.5 Å². The summed E-state index contributed by atoms with van der Waals surface area (Å²) in [6, 6.07) is 0. The van der Waals surface area contributed by atoms with Crippen LogP contribution >= 0.6 is 15.9 Å². The molecule has 4 heteroatoms. The van der Waals surface area contributed by atoms with Gasteiger partial charge >= 0.3 is 0 Å². The van der Waals surface area contributed by atoms with Crippen LogP contribution in [0.1, 0.15) is 26.6 Å². The average Bonchev–Trinajstić information content (AvgIpc) is 1.94. The Balaban J connectivity index is 2.93. The number of hydrogen-bond donors (Lipinski definition) is 1. The normalized spacial score (nSPS) is 11.7. The van der Waals surface area contributed by atoms with Crippen molar-refractivity contribution in [3.8, 4) is 0 Å². The van der Waals surface area contributed by atoms with Crippen LogP contribution in [0.2, 0.25) is 0 Å². The van der Waals surface area contributed by atoms with Gasteiger partial charge in [-0.2, -0.15) is 0 Å². The first kappa shape index (κ1) is 10.4. The number of hydrogen-bond acceptors (Lipinski definition) is 2. The van der Waals surface area contributed by atoms with Crippen molar-refractivity contribution in [2.24, 2.45) is 5.41 Å². The minimum absolute atomic E-state index is 0.116. The standard InChI is InChI=1S/C9H13BrN2O/c1-9(2,3)4-7-11-5-6(10)8(13)12-7/h5H,4H2,1-3H3,(H,11,12,13). The smallest absolute Gasteiger partial charge is 0.265 e. The van der Waals surface area contributed by atoms with Gasteiger partial charge in [-0.3, -0.25) is 4.79 Å². The number of nitrogens with one attached hydrogen (secondary N) is 1. The molecule has 3 nitrogen and oxygen atoms in total. The molecule has 0 aliphatic carbocycles. The van der Waals surface area contributed by atoms with Gasteiger partial charge in [-0.25, -0.2) is 4.98 Å². The molecule has 1 heterocycles. The van der Waals surface area contributed by atoms with Gasteiger partial charge in [-0.05, 0) is 21.3 Å². The van der Waals surface area contributed by atoms with E-state index in [0.29, 0.717) is 4.47 Å². The molecule has 0 aromatic carbocycles. The molecule has 0 aliphatic rings. The summed E-state index contributed by atoms with van der Waals surface area (Å²) in [5.41, 5.74) is 0.0262. The van der Waals surface area contributed by atoms with Gasteiger partial charge in [0, 0.05) is 12.6 Å². The second kappa shape index (κ2) is 3.62. The number of aromatic nitrogens is 2. The maximum absolute atomic E-state index is 11.2. The van der Waals surface area contributed by atoms with E-state index in [4.69, 9.17) is 0 Å². The monoisotopic (exact) mass is 244 g/mol. The lowest BCUT2D eigenvalue weighted by molar-refractivity contribution is 0.400. The van der Waals surface area contributed by atoms with Gasteiger partial charge in [0.05, 0.1) is 0 Å². The van der Waals surface area contributed by atoms with Gasteiger partial charge in [-0.15, -0.1) is 0 Å². The van der Waals surface area contributed by atoms with Crippen molar-refractivity contribution in [2.75, 3.05) is 0 Å². The Bertz CT molecular complexity index is 351. The zero-order valence-electron chi connectivity index (χ0n) is 8.02. The largest absolute Gasteiger partial charge is 0.310 e. The molecule has 0 atom stereocenters. The molecule has 1 rings (SSSR count). The Morgan fingerprint density at radius 3 is 2.62 bits per heavy atom. The van der Waals surface area contributed by atoms with Gasteiger partial charge in [0.15, 0.2) is 0 Å². The van der Waals surface area contributed by atoms with Crippen molar-refractivity contribution in [2.45, 2.75) is 27.2 Å². The molecule has 0 fully saturated rings. The Labute approximate surface area is 85.7 Å². The van der Waals surface area contributed by atoms with Gasteiger partial charge < -0.3 is 4.98 Å². The van der Waals surface area contributed by atoms with Crippen LogP contribution in [0.5, 0.6) is 0 Å². The summed E-state index contributed by atoms with van der Waals surface area (Å²) in [4.78, 5) is 18.0. The fourth-order valence-electron chi connectivity index (χ4n) is 1.01. The summed E-state index contributed by atoms with van der Waals surface area (Å²) >= 11 is 3.10. The van der Waals surface area contributed by atoms with Gasteiger partial charge in [-0.1, -0.05) is 20.8 Å². The van der Waals surface area contributed by atoms with Crippen molar-refractivity contribution in [1.29, 1.82) is 0 Å². The third kappa shape index (κ3) is 3.30. The molecule has 0 radical (unpaired) electrons. The van der Waals surface area contributed by atoms with E-state index < -0.39 is 0 Å². The molecular formula is C9H13BrN2O. The highest BCUT2D eigenvalue weighted by atomic mass is 79.9. The van der Waals surface area contributed by atoms with Crippen LogP contribution in [-0.4, -0.2) is 9.97 Å². The van der Waals surface area contributed by atoms with E-state index in [1.807, 2.05) is 0 Å². The molecule has 0 amide bonds. The lowest BCUT2D eigenvalue weighted by Gasteiger charge is -2.16. The highest BCUT2D eigenvalue weighted by molar-refractivity contribution is 9.10. The minimum Gasteiger partial charge on any atom is -0.310 e. The van der Waals surface area contributed by atoms with Crippen LogP contribution in [-0.2, 0) is 6.42 Å². The van der Waals surface area contributed by atoms with E-state index in [0.717, 1.165) is 12.2 Å². The molecule has 1 aromatic heterocycles. The Morgan fingerprint density at radius 2 is 2.15 bits per heavy atom. The highest BCUT2D eigenvalue weighted by Crippen LogP contribution is 2.17. The van der Waals surface area contributed by atoms with Crippen molar-refractivity contribution in [3.63, 3.8) is 0 Å². The van der Waals surface area contributed by atoms with Crippen molar-refractivity contribution >= 4 is 15.9 Å². The maximum Gasteiger partial charge on any atom is 0.265 e. The number of halogens is 1. The predicted octanol–water partition coefficient (Wildman–Crippen LogP) is 2.12. The van der Waals surface area contributed by atoms with Crippen molar-refractivity contribution < 1.29 is 0 Å². The first-order valence-corrected chi connectivity index (χ1v) is 4.91. The first-order valence-electron chi connectivity index (χ1n) is 4.12. The van der Waals surface area contributed by atoms with Gasteiger partial charge in [0.2, 0.25) is 0 Å². The Morgan fingerprint density at radius 1 is 1.54 bits per heavy atom. The lowest BCUT2D eigenvalue weighted by atomic mass is 9.92. The SMILES string of the molecule is CC(C)(C)Cc1ncc(Br)c(=O)[nH]1. The number of rotatable bonds is 1. The third-order valence-corrected chi connectivity index (χ3v) is 2.07. The van der Waals surface area contributed by atoms with Gasteiger partial charge in [0.25, 0.3) is 5.56 Å². The summed E-state index contributed by atoms with van der Waals surface area (Å²) in [6.07, 6.45) is 2.31. The quantitative estimate of drug-likeness (QED) is 0.823. The molecule has 0 saturated heterocycles. The first-order chi connectivity index (χ1) is 5.88. The summed E-state index contributed by atoms with van der Waals surface area (Å²) < 4.78 is 0.477. The average molecular weight is 245 g/mol. The van der Waals surface area contributed by atoms with E-state index in [1.54, 1.807) is 6.20 Å². The van der Waals surface area contributed by atoms with E-state index in [2.05, 4.69) is 46.7 Å².